The van der Waals surface area contributed by atoms with Crippen LogP contribution < -0.4 is 20.7 Å². The zero-order valence-corrected chi connectivity index (χ0v) is 22.0. The number of oxazole rings is 1. The number of benzene rings is 1. The monoisotopic (exact) mass is 532 g/mol. The van der Waals surface area contributed by atoms with E-state index in [1.165, 1.54) is 38.1 Å². The fraction of sp³-hybridized carbons (Fsp3) is 0.350. The van der Waals surface area contributed by atoms with Gasteiger partial charge in [-0.15, -0.1) is 0 Å². The van der Waals surface area contributed by atoms with Gasteiger partial charge in [-0.25, -0.2) is 23.7 Å². The lowest BCUT2D eigenvalue weighted by Gasteiger charge is -2.16. The van der Waals surface area contributed by atoms with E-state index >= 15 is 0 Å². The molecule has 0 aliphatic rings. The second-order valence-corrected chi connectivity index (χ2v) is 11.5. The Labute approximate surface area is 205 Å². The first kappa shape index (κ1) is 27.7. The molecule has 1 aromatic carbocycles. The van der Waals surface area contributed by atoms with E-state index in [1.54, 1.807) is 6.07 Å². The number of aromatic nitrogens is 2. The lowest BCUT2D eigenvalue weighted by Crippen LogP contribution is -2.22. The van der Waals surface area contributed by atoms with Gasteiger partial charge in [0.1, 0.15) is 5.75 Å². The Bertz CT molecular complexity index is 1240. The number of carbonyl (C=O) groups is 1. The Balaban J connectivity index is 0.000000248. The van der Waals surface area contributed by atoms with Crippen molar-refractivity contribution in [1.82, 2.24) is 14.9 Å². The number of carbonyl (C=O) groups excluding carboxylic acids is 1. The lowest BCUT2D eigenvalue weighted by molar-refractivity contribution is 0.203. The van der Waals surface area contributed by atoms with Gasteiger partial charge in [0.25, 0.3) is 0 Å². The lowest BCUT2D eigenvalue weighted by atomic mass is 10.2. The molecule has 0 saturated carbocycles. The van der Waals surface area contributed by atoms with Crippen molar-refractivity contribution in [2.45, 2.75) is 12.8 Å². The molecule has 2 heterocycles. The molecule has 0 aliphatic heterocycles. The zero-order valence-electron chi connectivity index (χ0n) is 19.5. The topological polar surface area (TPSA) is 125 Å². The number of nitrogens with zero attached hydrogens (tertiary/aromatic N) is 3. The summed E-state index contributed by atoms with van der Waals surface area (Å²) < 4.78 is 32.6. The molecule has 0 saturated heterocycles. The van der Waals surface area contributed by atoms with Crippen molar-refractivity contribution >= 4 is 52.8 Å². The predicted octanol–water partition coefficient (Wildman–Crippen LogP) is 4.51. The summed E-state index contributed by atoms with van der Waals surface area (Å²) in [4.78, 5) is 28.7. The van der Waals surface area contributed by atoms with Gasteiger partial charge in [0.2, 0.25) is 0 Å². The maximum absolute atomic E-state index is 11.9. The molecular formula is C20H26ClN4O7PS. The number of halogens is 1. The SMILES string of the molecule is CNC(=O)Oc1ccc(N(C)C)c(C)c1.COP(=O)(OC)SCn1c(=O)oc2cc(Cl)cnc21. The van der Waals surface area contributed by atoms with E-state index in [0.717, 1.165) is 22.6 Å². The summed E-state index contributed by atoms with van der Waals surface area (Å²) in [7, 11) is 8.02. The van der Waals surface area contributed by atoms with Crippen LogP contribution in [0.1, 0.15) is 5.56 Å². The highest BCUT2D eigenvalue weighted by Gasteiger charge is 2.23. The van der Waals surface area contributed by atoms with Crippen LogP contribution in [0, 0.1) is 6.92 Å². The van der Waals surface area contributed by atoms with Crippen LogP contribution in [0.2, 0.25) is 5.02 Å². The number of hydrogen-bond acceptors (Lipinski definition) is 10. The number of pyridine rings is 1. The summed E-state index contributed by atoms with van der Waals surface area (Å²) in [5.74, 6) is -0.0344. The van der Waals surface area contributed by atoms with Crippen molar-refractivity contribution in [3.63, 3.8) is 0 Å². The largest absolute Gasteiger partial charge is 0.421 e. The molecule has 1 amide bonds. The zero-order chi connectivity index (χ0) is 25.5. The van der Waals surface area contributed by atoms with Crippen LogP contribution in [0.15, 0.2) is 39.7 Å². The van der Waals surface area contributed by atoms with Crippen molar-refractivity contribution in [3.8, 4) is 5.75 Å². The van der Waals surface area contributed by atoms with E-state index in [4.69, 9.17) is 29.8 Å². The van der Waals surface area contributed by atoms with Crippen molar-refractivity contribution in [2.75, 3.05) is 40.3 Å². The van der Waals surface area contributed by atoms with Crippen molar-refractivity contribution in [1.29, 1.82) is 0 Å². The van der Waals surface area contributed by atoms with E-state index in [1.807, 2.05) is 38.1 Å². The van der Waals surface area contributed by atoms with Crippen LogP contribution in [0.5, 0.6) is 5.75 Å². The molecule has 0 atom stereocenters. The Hall–Kier alpha value is -2.50. The molecule has 0 aliphatic carbocycles. The molecule has 0 unspecified atom stereocenters. The summed E-state index contributed by atoms with van der Waals surface area (Å²) >= 11 is 6.61. The van der Waals surface area contributed by atoms with Crippen LogP contribution in [0.3, 0.4) is 0 Å². The predicted molar refractivity (Wildman–Crippen MR) is 133 cm³/mol. The third kappa shape index (κ3) is 7.25. The molecular weight excluding hydrogens is 507 g/mol. The second kappa shape index (κ2) is 12.3. The maximum atomic E-state index is 11.9. The number of aryl methyl sites for hydroxylation is 1. The molecule has 3 aromatic rings. The van der Waals surface area contributed by atoms with Gasteiger partial charge in [-0.05, 0) is 42.1 Å². The average molecular weight is 533 g/mol. The first-order valence-electron chi connectivity index (χ1n) is 9.72. The van der Waals surface area contributed by atoms with E-state index in [2.05, 4.69) is 10.3 Å². The molecule has 186 valence electrons. The fourth-order valence-corrected chi connectivity index (χ4v) is 5.10. The smallest absolute Gasteiger partial charge is 0.410 e. The molecule has 0 bridgehead atoms. The Morgan fingerprint density at radius 1 is 1.29 bits per heavy atom. The van der Waals surface area contributed by atoms with Gasteiger partial charge in [0, 0.05) is 53.3 Å². The number of nitrogens with one attached hydrogen (secondary N) is 1. The van der Waals surface area contributed by atoms with Gasteiger partial charge in [-0.2, -0.15) is 0 Å². The molecule has 3 rings (SSSR count). The number of rotatable bonds is 7. The molecule has 0 fully saturated rings. The molecule has 0 radical (unpaired) electrons. The molecule has 2 aromatic heterocycles. The fourth-order valence-electron chi connectivity index (χ4n) is 2.70. The quantitative estimate of drug-likeness (QED) is 0.434. The Kier molecular flexibility index (Phi) is 10.0. The molecule has 14 heteroatoms. The van der Waals surface area contributed by atoms with Gasteiger partial charge < -0.3 is 28.4 Å². The minimum Gasteiger partial charge on any atom is -0.410 e. The van der Waals surface area contributed by atoms with Crippen LogP contribution >= 0.6 is 29.8 Å². The van der Waals surface area contributed by atoms with Crippen molar-refractivity contribution in [3.05, 3.63) is 51.6 Å². The summed E-state index contributed by atoms with van der Waals surface area (Å²) in [6, 6.07) is 7.02. The van der Waals surface area contributed by atoms with Crippen LogP contribution in [0.25, 0.3) is 11.2 Å². The number of anilines is 1. The van der Waals surface area contributed by atoms with Gasteiger partial charge in [-0.3, -0.25) is 0 Å². The van der Waals surface area contributed by atoms with Gasteiger partial charge in [0.05, 0.1) is 10.9 Å². The Morgan fingerprint density at radius 3 is 2.53 bits per heavy atom. The first-order chi connectivity index (χ1) is 16.0. The minimum atomic E-state index is -3.27. The second-order valence-electron chi connectivity index (χ2n) is 6.82. The van der Waals surface area contributed by atoms with Gasteiger partial charge >= 0.3 is 18.6 Å². The highest BCUT2D eigenvalue weighted by atomic mass is 35.5. The summed E-state index contributed by atoms with van der Waals surface area (Å²) in [5.41, 5.74) is 2.77. The van der Waals surface area contributed by atoms with Crippen molar-refractivity contribution < 1.29 is 27.6 Å². The molecule has 11 nitrogen and oxygen atoms in total. The first-order valence-corrected chi connectivity index (χ1v) is 13.2. The van der Waals surface area contributed by atoms with E-state index < -0.39 is 18.6 Å². The number of amides is 1. The Morgan fingerprint density at radius 2 is 1.97 bits per heavy atom. The highest BCUT2D eigenvalue weighted by molar-refractivity contribution is 8.54. The van der Waals surface area contributed by atoms with E-state index in [0.29, 0.717) is 16.4 Å². The number of fused-ring (bicyclic) bond motifs is 1. The normalized spacial score (nSPS) is 11.0. The van der Waals surface area contributed by atoms with Gasteiger partial charge in [0.15, 0.2) is 11.2 Å². The summed E-state index contributed by atoms with van der Waals surface area (Å²) in [5, 5.41) is 2.76. The van der Waals surface area contributed by atoms with Crippen LogP contribution in [-0.2, 0) is 19.5 Å². The average Bonchev–Trinajstić information content (AvgIpc) is 3.11. The maximum Gasteiger partial charge on any atom is 0.421 e. The van der Waals surface area contributed by atoms with Crippen LogP contribution in [0.4, 0.5) is 10.5 Å². The third-order valence-electron chi connectivity index (χ3n) is 4.33. The molecule has 1 N–H and O–H groups in total. The minimum absolute atomic E-state index is 0.0272. The van der Waals surface area contributed by atoms with E-state index in [9.17, 15) is 14.2 Å². The standard InChI is InChI=1S/C11H16N2O2.C9H10ClN2O5PS/c1-8-7-9(15-11(14)12-2)5-6-10(8)13(3)4;1-15-18(14,16-2)19-5-12-8-7(17-9(12)13)3-6(10)4-11-8/h5-7H,1-4H3,(H,12,14);3-4H,5H2,1-2H3. The number of ether oxygens (including phenoxy) is 1. The van der Waals surface area contributed by atoms with Gasteiger partial charge in [-0.1, -0.05) is 11.6 Å². The molecule has 34 heavy (non-hydrogen) atoms. The summed E-state index contributed by atoms with van der Waals surface area (Å²) in [6.07, 6.45) is 0.943. The van der Waals surface area contributed by atoms with Crippen molar-refractivity contribution in [2.24, 2.45) is 0 Å². The third-order valence-corrected chi connectivity index (χ3v) is 8.31. The number of hydrogen-bond donors (Lipinski definition) is 1. The summed E-state index contributed by atoms with van der Waals surface area (Å²) in [6.45, 7) is -1.29. The molecule has 0 spiro atoms. The highest BCUT2D eigenvalue weighted by Crippen LogP contribution is 2.59. The van der Waals surface area contributed by atoms with E-state index in [-0.39, 0.29) is 11.5 Å². The van der Waals surface area contributed by atoms with Crippen LogP contribution in [-0.4, -0.2) is 51.0 Å².